The summed E-state index contributed by atoms with van der Waals surface area (Å²) in [7, 11) is -3.49. The van der Waals surface area contributed by atoms with Gasteiger partial charge in [0.05, 0.1) is 12.3 Å². The molecule has 1 aliphatic carbocycles. The Bertz CT molecular complexity index is 973. The molecule has 2 aliphatic rings. The lowest BCUT2D eigenvalue weighted by Gasteiger charge is -2.35. The maximum Gasteiger partial charge on any atom is 0.236 e. The van der Waals surface area contributed by atoms with E-state index in [1.807, 2.05) is 54.3 Å². The van der Waals surface area contributed by atoms with E-state index in [9.17, 15) is 13.2 Å². The number of carbonyl (C=O) groups is 1. The fourth-order valence-electron chi connectivity index (χ4n) is 4.09. The lowest BCUT2D eigenvalue weighted by molar-refractivity contribution is -0.140. The molecule has 2 fully saturated rings. The highest BCUT2D eigenvalue weighted by Gasteiger charge is 2.41. The number of furan rings is 1. The number of amides is 1. The van der Waals surface area contributed by atoms with E-state index in [4.69, 9.17) is 4.42 Å². The number of rotatable bonds is 7. The Morgan fingerprint density at radius 3 is 2.40 bits per heavy atom. The van der Waals surface area contributed by atoms with Crippen molar-refractivity contribution in [2.75, 3.05) is 13.1 Å². The first kappa shape index (κ1) is 20.9. The van der Waals surface area contributed by atoms with Crippen molar-refractivity contribution >= 4 is 22.0 Å². The van der Waals surface area contributed by atoms with Gasteiger partial charge in [-0.05, 0) is 56.4 Å². The highest BCUT2D eigenvalue weighted by molar-refractivity contribution is 7.92. The standard InChI is InChI=1S/C23H28N2O4S/c1-18(22-8-5-16-29-22)25(21-9-10-21)23(26)20-11-14-24(15-12-20)30(27,28)17-13-19-6-3-2-4-7-19/h2-8,13,16-18,20-21H,9-12,14-15H2,1H3. The molecule has 7 heteroatoms. The minimum absolute atomic E-state index is 0.101. The summed E-state index contributed by atoms with van der Waals surface area (Å²) in [4.78, 5) is 15.2. The fraction of sp³-hybridized carbons (Fsp3) is 0.435. The van der Waals surface area contributed by atoms with Gasteiger partial charge in [0.1, 0.15) is 5.76 Å². The molecule has 1 aliphatic heterocycles. The Balaban J connectivity index is 1.38. The Labute approximate surface area is 178 Å². The summed E-state index contributed by atoms with van der Waals surface area (Å²) in [6.45, 7) is 2.74. The Morgan fingerprint density at radius 1 is 1.10 bits per heavy atom. The second kappa shape index (κ2) is 8.78. The average Bonchev–Trinajstić information content (AvgIpc) is 3.44. The minimum atomic E-state index is -3.49. The van der Waals surface area contributed by atoms with Gasteiger partial charge >= 0.3 is 0 Å². The zero-order valence-electron chi connectivity index (χ0n) is 17.2. The number of piperidine rings is 1. The smallest absolute Gasteiger partial charge is 0.236 e. The molecule has 160 valence electrons. The molecule has 6 nitrogen and oxygen atoms in total. The predicted molar refractivity (Wildman–Crippen MR) is 116 cm³/mol. The first-order valence-corrected chi connectivity index (χ1v) is 12.0. The van der Waals surface area contributed by atoms with Crippen molar-refractivity contribution in [3.05, 3.63) is 65.5 Å². The lowest BCUT2D eigenvalue weighted by Crippen LogP contribution is -2.45. The third-order valence-electron chi connectivity index (χ3n) is 5.96. The quantitative estimate of drug-likeness (QED) is 0.667. The van der Waals surface area contributed by atoms with Crippen LogP contribution in [-0.4, -0.2) is 42.7 Å². The van der Waals surface area contributed by atoms with E-state index in [0.29, 0.717) is 25.9 Å². The van der Waals surface area contributed by atoms with Crippen LogP contribution in [0.1, 0.15) is 50.0 Å². The molecule has 1 unspecified atom stereocenters. The van der Waals surface area contributed by atoms with E-state index < -0.39 is 10.0 Å². The summed E-state index contributed by atoms with van der Waals surface area (Å²) in [6, 6.07) is 13.3. The summed E-state index contributed by atoms with van der Waals surface area (Å²) >= 11 is 0. The van der Waals surface area contributed by atoms with Crippen molar-refractivity contribution < 1.29 is 17.6 Å². The monoisotopic (exact) mass is 428 g/mol. The Kier molecular flexibility index (Phi) is 6.11. The van der Waals surface area contributed by atoms with Crippen LogP contribution < -0.4 is 0 Å². The van der Waals surface area contributed by atoms with Crippen LogP contribution in [0.2, 0.25) is 0 Å². The highest BCUT2D eigenvalue weighted by Crippen LogP contribution is 2.37. The van der Waals surface area contributed by atoms with E-state index in [2.05, 4.69) is 0 Å². The van der Waals surface area contributed by atoms with Gasteiger partial charge in [-0.2, -0.15) is 4.31 Å². The predicted octanol–water partition coefficient (Wildman–Crippen LogP) is 4.04. The van der Waals surface area contributed by atoms with Crippen LogP contribution in [-0.2, 0) is 14.8 Å². The molecule has 1 saturated carbocycles. The van der Waals surface area contributed by atoms with E-state index in [0.717, 1.165) is 24.2 Å². The van der Waals surface area contributed by atoms with Crippen molar-refractivity contribution in [3.8, 4) is 0 Å². The maximum atomic E-state index is 13.3. The fourth-order valence-corrected chi connectivity index (χ4v) is 5.31. The topological polar surface area (TPSA) is 70.8 Å². The number of benzene rings is 1. The third kappa shape index (κ3) is 4.68. The largest absolute Gasteiger partial charge is 0.467 e. The molecule has 1 aromatic carbocycles. The zero-order valence-corrected chi connectivity index (χ0v) is 18.0. The van der Waals surface area contributed by atoms with Crippen molar-refractivity contribution in [3.63, 3.8) is 0 Å². The number of sulfonamides is 1. The van der Waals surface area contributed by atoms with Crippen LogP contribution in [0.3, 0.4) is 0 Å². The molecule has 1 amide bonds. The van der Waals surface area contributed by atoms with Crippen LogP contribution in [0.15, 0.2) is 58.6 Å². The van der Waals surface area contributed by atoms with Crippen LogP contribution in [0.25, 0.3) is 6.08 Å². The third-order valence-corrected chi connectivity index (χ3v) is 7.53. The van der Waals surface area contributed by atoms with Gasteiger partial charge in [-0.25, -0.2) is 8.42 Å². The van der Waals surface area contributed by atoms with Gasteiger partial charge in [-0.1, -0.05) is 30.3 Å². The van der Waals surface area contributed by atoms with Crippen LogP contribution in [0, 0.1) is 5.92 Å². The van der Waals surface area contributed by atoms with Gasteiger partial charge in [0.25, 0.3) is 0 Å². The molecule has 2 aromatic rings. The molecular formula is C23H28N2O4S. The number of nitrogens with zero attached hydrogens (tertiary/aromatic N) is 2. The second-order valence-electron chi connectivity index (χ2n) is 8.10. The first-order chi connectivity index (χ1) is 14.5. The van der Waals surface area contributed by atoms with E-state index in [1.54, 1.807) is 12.3 Å². The summed E-state index contributed by atoms with van der Waals surface area (Å²) in [5.41, 5.74) is 0.845. The summed E-state index contributed by atoms with van der Waals surface area (Å²) in [5.74, 6) is 0.771. The molecule has 0 radical (unpaired) electrons. The van der Waals surface area contributed by atoms with Gasteiger partial charge in [0.2, 0.25) is 15.9 Å². The van der Waals surface area contributed by atoms with E-state index in [-0.39, 0.29) is 23.9 Å². The second-order valence-corrected chi connectivity index (χ2v) is 9.92. The molecule has 1 atom stereocenters. The lowest BCUT2D eigenvalue weighted by atomic mass is 9.95. The Morgan fingerprint density at radius 2 is 1.80 bits per heavy atom. The van der Waals surface area contributed by atoms with Crippen molar-refractivity contribution in [1.82, 2.24) is 9.21 Å². The molecule has 1 aromatic heterocycles. The van der Waals surface area contributed by atoms with E-state index in [1.165, 1.54) is 9.71 Å². The average molecular weight is 429 g/mol. The van der Waals surface area contributed by atoms with Gasteiger partial charge in [-0.15, -0.1) is 0 Å². The maximum absolute atomic E-state index is 13.3. The molecule has 30 heavy (non-hydrogen) atoms. The van der Waals surface area contributed by atoms with Gasteiger partial charge in [0, 0.05) is 30.5 Å². The Hall–Kier alpha value is -2.38. The van der Waals surface area contributed by atoms with E-state index >= 15 is 0 Å². The number of hydrogen-bond donors (Lipinski definition) is 0. The molecule has 2 heterocycles. The van der Waals surface area contributed by atoms with Crippen LogP contribution in [0.5, 0.6) is 0 Å². The normalized spacial score (nSPS) is 19.8. The minimum Gasteiger partial charge on any atom is -0.467 e. The van der Waals surface area contributed by atoms with Gasteiger partial charge < -0.3 is 9.32 Å². The molecule has 0 spiro atoms. The van der Waals surface area contributed by atoms with Crippen molar-refractivity contribution in [2.45, 2.75) is 44.7 Å². The summed E-state index contributed by atoms with van der Waals surface area (Å²) < 4.78 is 32.4. The molecule has 4 rings (SSSR count). The summed E-state index contributed by atoms with van der Waals surface area (Å²) in [6.07, 6.45) is 6.39. The molecule has 1 saturated heterocycles. The van der Waals surface area contributed by atoms with Crippen LogP contribution in [0.4, 0.5) is 0 Å². The molecular weight excluding hydrogens is 400 g/mol. The van der Waals surface area contributed by atoms with Gasteiger partial charge in [0.15, 0.2) is 0 Å². The van der Waals surface area contributed by atoms with Gasteiger partial charge in [-0.3, -0.25) is 4.79 Å². The number of hydrogen-bond acceptors (Lipinski definition) is 4. The van der Waals surface area contributed by atoms with Crippen molar-refractivity contribution in [2.24, 2.45) is 5.92 Å². The van der Waals surface area contributed by atoms with Crippen LogP contribution >= 0.6 is 0 Å². The molecule has 0 N–H and O–H groups in total. The summed E-state index contributed by atoms with van der Waals surface area (Å²) in [5, 5.41) is 1.26. The molecule has 0 bridgehead atoms. The number of carbonyl (C=O) groups excluding carboxylic acids is 1. The zero-order chi connectivity index (χ0) is 21.1. The highest BCUT2D eigenvalue weighted by atomic mass is 32.2. The van der Waals surface area contributed by atoms with Crippen molar-refractivity contribution in [1.29, 1.82) is 0 Å². The SMILES string of the molecule is CC(c1ccco1)N(C(=O)C1CCN(S(=O)(=O)C=Cc2ccccc2)CC1)C1CC1. The first-order valence-electron chi connectivity index (χ1n) is 10.5.